The molecule has 0 amide bonds. The third kappa shape index (κ3) is 3.45. The van der Waals surface area contributed by atoms with Crippen molar-refractivity contribution in [2.75, 3.05) is 11.9 Å². The van der Waals surface area contributed by atoms with Crippen LogP contribution in [0.1, 0.15) is 38.2 Å². The second-order valence-electron chi connectivity index (χ2n) is 4.45. The van der Waals surface area contributed by atoms with Gasteiger partial charge in [0.25, 0.3) is 0 Å². The molecule has 0 saturated carbocycles. The molecule has 1 unspecified atom stereocenters. The average molecular weight is 223 g/mol. The van der Waals surface area contributed by atoms with E-state index in [4.69, 9.17) is 5.11 Å². The largest absolute Gasteiger partial charge is 0.396 e. The van der Waals surface area contributed by atoms with Gasteiger partial charge in [-0.3, -0.25) is 0 Å². The molecule has 16 heavy (non-hydrogen) atoms. The van der Waals surface area contributed by atoms with E-state index in [-0.39, 0.29) is 12.1 Å². The van der Waals surface area contributed by atoms with E-state index in [1.165, 1.54) is 0 Å². The maximum atomic E-state index is 9.05. The third-order valence-electron chi connectivity index (χ3n) is 2.84. The lowest BCUT2D eigenvalue weighted by Gasteiger charge is -2.29. The van der Waals surface area contributed by atoms with E-state index in [0.29, 0.717) is 6.42 Å². The van der Waals surface area contributed by atoms with Crippen molar-refractivity contribution in [3.05, 3.63) is 17.6 Å². The lowest BCUT2D eigenvalue weighted by molar-refractivity contribution is 0.252. The quantitative estimate of drug-likeness (QED) is 0.802. The fourth-order valence-corrected chi connectivity index (χ4v) is 1.66. The second-order valence-corrected chi connectivity index (χ2v) is 4.45. The highest BCUT2D eigenvalue weighted by atomic mass is 16.3. The summed E-state index contributed by atoms with van der Waals surface area (Å²) in [5, 5.41) is 12.4. The summed E-state index contributed by atoms with van der Waals surface area (Å²) in [6.07, 6.45) is 1.65. The normalized spacial score (nSPS) is 14.6. The van der Waals surface area contributed by atoms with Crippen LogP contribution in [0.2, 0.25) is 0 Å². The number of aliphatic hydroxyl groups excluding tert-OH is 1. The van der Waals surface area contributed by atoms with Gasteiger partial charge in [0.1, 0.15) is 11.6 Å². The maximum Gasteiger partial charge on any atom is 0.130 e. The van der Waals surface area contributed by atoms with E-state index in [1.807, 2.05) is 19.9 Å². The minimum atomic E-state index is -0.109. The van der Waals surface area contributed by atoms with Crippen LogP contribution in [0.25, 0.3) is 0 Å². The Bertz CT molecular complexity index is 334. The molecule has 1 aromatic heterocycles. The minimum Gasteiger partial charge on any atom is -0.396 e. The first kappa shape index (κ1) is 12.9. The van der Waals surface area contributed by atoms with Crippen molar-refractivity contribution in [3.8, 4) is 0 Å². The number of aliphatic hydroxyl groups is 1. The summed E-state index contributed by atoms with van der Waals surface area (Å²) in [7, 11) is 0. The molecular weight excluding hydrogens is 202 g/mol. The van der Waals surface area contributed by atoms with E-state index in [1.54, 1.807) is 0 Å². The summed E-state index contributed by atoms with van der Waals surface area (Å²) < 4.78 is 0. The number of nitrogens with one attached hydrogen (secondary N) is 1. The fraction of sp³-hybridized carbons (Fsp3) is 0.667. The smallest absolute Gasteiger partial charge is 0.130 e. The molecule has 1 atom stereocenters. The van der Waals surface area contributed by atoms with E-state index >= 15 is 0 Å². The molecule has 1 aromatic rings. The molecule has 1 rings (SSSR count). The Kier molecular flexibility index (Phi) is 4.24. The molecule has 0 radical (unpaired) electrons. The van der Waals surface area contributed by atoms with Gasteiger partial charge in [-0.15, -0.1) is 0 Å². The number of anilines is 1. The minimum absolute atomic E-state index is 0.109. The zero-order valence-corrected chi connectivity index (χ0v) is 10.5. The lowest BCUT2D eigenvalue weighted by Crippen LogP contribution is -2.35. The molecule has 0 saturated heterocycles. The van der Waals surface area contributed by atoms with Gasteiger partial charge >= 0.3 is 0 Å². The Morgan fingerprint density at radius 2 is 2.06 bits per heavy atom. The number of hydrogen-bond acceptors (Lipinski definition) is 4. The van der Waals surface area contributed by atoms with E-state index < -0.39 is 0 Å². The predicted molar refractivity (Wildman–Crippen MR) is 65.5 cm³/mol. The van der Waals surface area contributed by atoms with Crippen LogP contribution in [-0.4, -0.2) is 27.2 Å². The first-order valence-corrected chi connectivity index (χ1v) is 5.70. The summed E-state index contributed by atoms with van der Waals surface area (Å²) >= 11 is 0. The highest BCUT2D eigenvalue weighted by molar-refractivity contribution is 5.38. The summed E-state index contributed by atoms with van der Waals surface area (Å²) in [5.74, 6) is 1.60. The van der Waals surface area contributed by atoms with E-state index in [2.05, 4.69) is 29.1 Å². The Labute approximate surface area is 97.1 Å². The highest BCUT2D eigenvalue weighted by Gasteiger charge is 2.21. The Morgan fingerprint density at radius 1 is 1.38 bits per heavy atom. The van der Waals surface area contributed by atoms with Crippen molar-refractivity contribution in [1.82, 2.24) is 9.97 Å². The molecule has 2 N–H and O–H groups in total. The Balaban J connectivity index is 2.85. The number of aryl methyl sites for hydroxylation is 2. The van der Waals surface area contributed by atoms with Gasteiger partial charge in [0, 0.05) is 23.9 Å². The molecule has 0 spiro atoms. The van der Waals surface area contributed by atoms with Crippen molar-refractivity contribution in [1.29, 1.82) is 0 Å². The van der Waals surface area contributed by atoms with Crippen molar-refractivity contribution < 1.29 is 5.11 Å². The van der Waals surface area contributed by atoms with Crippen LogP contribution < -0.4 is 5.32 Å². The van der Waals surface area contributed by atoms with Gasteiger partial charge in [0.05, 0.1) is 0 Å². The van der Waals surface area contributed by atoms with Crippen molar-refractivity contribution >= 4 is 5.82 Å². The van der Waals surface area contributed by atoms with Gasteiger partial charge in [-0.2, -0.15) is 0 Å². The molecule has 0 fully saturated rings. The van der Waals surface area contributed by atoms with Crippen molar-refractivity contribution in [2.24, 2.45) is 0 Å². The Morgan fingerprint density at radius 3 is 2.56 bits per heavy atom. The van der Waals surface area contributed by atoms with Crippen LogP contribution in [0.5, 0.6) is 0 Å². The van der Waals surface area contributed by atoms with Gasteiger partial charge in [-0.25, -0.2) is 9.97 Å². The van der Waals surface area contributed by atoms with Gasteiger partial charge in [-0.05, 0) is 33.6 Å². The van der Waals surface area contributed by atoms with Gasteiger partial charge in [-0.1, -0.05) is 6.92 Å². The van der Waals surface area contributed by atoms with Crippen LogP contribution in [0, 0.1) is 13.8 Å². The van der Waals surface area contributed by atoms with E-state index in [9.17, 15) is 0 Å². The first-order chi connectivity index (χ1) is 7.49. The molecule has 0 aliphatic rings. The molecule has 4 nitrogen and oxygen atoms in total. The van der Waals surface area contributed by atoms with Crippen molar-refractivity contribution in [3.63, 3.8) is 0 Å². The first-order valence-electron chi connectivity index (χ1n) is 5.70. The summed E-state index contributed by atoms with van der Waals surface area (Å²) in [4.78, 5) is 8.58. The average Bonchev–Trinajstić information content (AvgIpc) is 2.16. The summed E-state index contributed by atoms with van der Waals surface area (Å²) in [5.41, 5.74) is 0.847. The molecule has 0 bridgehead atoms. The van der Waals surface area contributed by atoms with Crippen molar-refractivity contribution in [2.45, 2.75) is 46.1 Å². The van der Waals surface area contributed by atoms with Crippen LogP contribution in [-0.2, 0) is 0 Å². The predicted octanol–water partition coefficient (Wildman–Crippen LogP) is 2.06. The van der Waals surface area contributed by atoms with Gasteiger partial charge in [0.15, 0.2) is 0 Å². The molecule has 0 aromatic carbocycles. The zero-order chi connectivity index (χ0) is 12.2. The topological polar surface area (TPSA) is 58.0 Å². The van der Waals surface area contributed by atoms with Crippen LogP contribution in [0.4, 0.5) is 5.82 Å². The maximum absolute atomic E-state index is 9.05. The second kappa shape index (κ2) is 5.25. The molecule has 4 heteroatoms. The molecular formula is C12H21N3O. The van der Waals surface area contributed by atoms with Crippen LogP contribution in [0.3, 0.4) is 0 Å². The van der Waals surface area contributed by atoms with Gasteiger partial charge in [0.2, 0.25) is 0 Å². The molecule has 90 valence electrons. The molecule has 0 aliphatic heterocycles. The zero-order valence-electron chi connectivity index (χ0n) is 10.5. The lowest BCUT2D eigenvalue weighted by atomic mass is 9.95. The van der Waals surface area contributed by atoms with Crippen LogP contribution in [0.15, 0.2) is 6.07 Å². The van der Waals surface area contributed by atoms with Crippen LogP contribution >= 0.6 is 0 Å². The van der Waals surface area contributed by atoms with E-state index in [0.717, 1.165) is 23.8 Å². The third-order valence-corrected chi connectivity index (χ3v) is 2.84. The van der Waals surface area contributed by atoms with Gasteiger partial charge < -0.3 is 10.4 Å². The number of aromatic nitrogens is 2. The number of hydrogen-bond donors (Lipinski definition) is 2. The highest BCUT2D eigenvalue weighted by Crippen LogP contribution is 2.20. The standard InChI is InChI=1S/C12H21N3O/c1-5-12(4,6-7-16)15-11-8-9(2)13-10(3)14-11/h8,16H,5-7H2,1-4H3,(H,13,14,15). The summed E-state index contributed by atoms with van der Waals surface area (Å²) in [6, 6.07) is 1.93. The number of rotatable bonds is 5. The number of nitrogens with zero attached hydrogens (tertiary/aromatic N) is 2. The fourth-order valence-electron chi connectivity index (χ4n) is 1.66. The molecule has 1 heterocycles. The summed E-state index contributed by atoms with van der Waals surface area (Å²) in [6.45, 7) is 8.21. The molecule has 0 aliphatic carbocycles. The monoisotopic (exact) mass is 223 g/mol. The Hall–Kier alpha value is -1.16. The SMILES string of the molecule is CCC(C)(CCO)Nc1cc(C)nc(C)n1.